The van der Waals surface area contributed by atoms with Crippen molar-refractivity contribution in [3.63, 3.8) is 0 Å². The van der Waals surface area contributed by atoms with Gasteiger partial charge in [-0.15, -0.1) is 0 Å². The highest BCUT2D eigenvalue weighted by Gasteiger charge is 2.15. The molecule has 5 heteroatoms. The monoisotopic (exact) mass is 200 g/mol. The summed E-state index contributed by atoms with van der Waals surface area (Å²) in [6, 6.07) is 0. The van der Waals surface area contributed by atoms with Crippen molar-refractivity contribution in [2.45, 2.75) is 20.8 Å². The van der Waals surface area contributed by atoms with Gasteiger partial charge in [0.25, 0.3) is 0 Å². The highest BCUT2D eigenvalue weighted by Crippen LogP contribution is 2.01. The second-order valence-corrected chi connectivity index (χ2v) is 2.43. The van der Waals surface area contributed by atoms with Gasteiger partial charge in [0.05, 0.1) is 6.61 Å². The van der Waals surface area contributed by atoms with Crippen LogP contribution in [0.3, 0.4) is 0 Å². The van der Waals surface area contributed by atoms with Crippen LogP contribution in [0.5, 0.6) is 0 Å². The number of carbonyl (C=O) groups excluding carboxylic acids is 3. The number of hydrogen-bond acceptors (Lipinski definition) is 5. The fourth-order valence-corrected chi connectivity index (χ4v) is 0.672. The number of hydrogen-bond donors (Lipinski definition) is 0. The largest absolute Gasteiger partial charge is 0.460 e. The molecule has 0 aliphatic carbocycles. The summed E-state index contributed by atoms with van der Waals surface area (Å²) in [5, 5.41) is 0. The van der Waals surface area contributed by atoms with Crippen molar-refractivity contribution >= 4 is 17.7 Å². The average Bonchev–Trinajstić information content (AvgIpc) is 2.01. The van der Waals surface area contributed by atoms with Crippen LogP contribution in [0.2, 0.25) is 0 Å². The van der Waals surface area contributed by atoms with Crippen LogP contribution in [0.1, 0.15) is 20.8 Å². The maximum atomic E-state index is 11.1. The second-order valence-electron chi connectivity index (χ2n) is 2.43. The van der Waals surface area contributed by atoms with Crippen molar-refractivity contribution in [1.82, 2.24) is 0 Å². The molecule has 0 aliphatic heterocycles. The van der Waals surface area contributed by atoms with E-state index in [0.717, 1.165) is 13.0 Å². The topological polar surface area (TPSA) is 69.7 Å². The van der Waals surface area contributed by atoms with Gasteiger partial charge in [0, 0.05) is 13.0 Å². The second kappa shape index (κ2) is 5.90. The van der Waals surface area contributed by atoms with Crippen molar-refractivity contribution in [3.05, 3.63) is 11.8 Å². The van der Waals surface area contributed by atoms with E-state index in [4.69, 9.17) is 0 Å². The fourth-order valence-electron chi connectivity index (χ4n) is 0.672. The zero-order chi connectivity index (χ0) is 11.1. The minimum atomic E-state index is -0.821. The Morgan fingerprint density at radius 2 is 1.79 bits per heavy atom. The van der Waals surface area contributed by atoms with Crippen LogP contribution < -0.4 is 0 Å². The Balaban J connectivity index is 4.63. The molecule has 78 valence electrons. The lowest BCUT2D eigenvalue weighted by atomic mass is 10.3. The number of carbonyl (C=O) groups is 3. The molecule has 0 N–H and O–H groups in total. The molecule has 0 heterocycles. The summed E-state index contributed by atoms with van der Waals surface area (Å²) in [4.78, 5) is 32.3. The lowest BCUT2D eigenvalue weighted by Gasteiger charge is -2.04. The highest BCUT2D eigenvalue weighted by atomic mass is 16.6. The quantitative estimate of drug-likeness (QED) is 0.377. The maximum absolute atomic E-state index is 11.1. The van der Waals surface area contributed by atoms with Gasteiger partial charge >= 0.3 is 11.9 Å². The van der Waals surface area contributed by atoms with Crippen LogP contribution in [-0.2, 0) is 23.9 Å². The van der Waals surface area contributed by atoms with E-state index < -0.39 is 17.7 Å². The molecule has 0 unspecified atom stereocenters. The van der Waals surface area contributed by atoms with Crippen molar-refractivity contribution in [3.8, 4) is 0 Å². The van der Waals surface area contributed by atoms with Crippen molar-refractivity contribution in [2.75, 3.05) is 6.61 Å². The van der Waals surface area contributed by atoms with Crippen LogP contribution in [0.15, 0.2) is 11.8 Å². The lowest BCUT2D eigenvalue weighted by Crippen LogP contribution is -2.14. The van der Waals surface area contributed by atoms with Gasteiger partial charge < -0.3 is 9.47 Å². The molecule has 5 nitrogen and oxygen atoms in total. The van der Waals surface area contributed by atoms with E-state index in [1.165, 1.54) is 6.92 Å². The lowest BCUT2D eigenvalue weighted by molar-refractivity contribution is -0.150. The Labute approximate surface area is 81.7 Å². The summed E-state index contributed by atoms with van der Waals surface area (Å²) >= 11 is 0. The summed E-state index contributed by atoms with van der Waals surface area (Å²) in [6.07, 6.45) is 0.916. The molecule has 0 aromatic carbocycles. The molecule has 0 atom stereocenters. The van der Waals surface area contributed by atoms with E-state index in [0.29, 0.717) is 0 Å². The van der Waals surface area contributed by atoms with Crippen molar-refractivity contribution in [1.29, 1.82) is 0 Å². The third kappa shape index (κ3) is 5.08. The van der Waals surface area contributed by atoms with Crippen LogP contribution >= 0.6 is 0 Å². The predicted octanol–water partition coefficient (Wildman–Crippen LogP) is 0.586. The first-order valence-corrected chi connectivity index (χ1v) is 4.05. The van der Waals surface area contributed by atoms with Gasteiger partial charge in [-0.05, 0) is 13.8 Å². The molecule has 0 saturated heterocycles. The Bertz CT molecular complexity index is 277. The first kappa shape index (κ1) is 12.3. The molecule has 0 aromatic rings. The Morgan fingerprint density at radius 3 is 2.14 bits per heavy atom. The highest BCUT2D eigenvalue weighted by molar-refractivity contribution is 5.98. The van der Waals surface area contributed by atoms with E-state index in [2.05, 4.69) is 9.47 Å². The standard InChI is InChI=1S/C9H12O5/c1-4-13-9(12)8(5-6(2)10)14-7(3)11/h5H,4H2,1-3H3. The molecule has 0 bridgehead atoms. The van der Waals surface area contributed by atoms with Gasteiger partial charge in [-0.25, -0.2) is 4.79 Å². The molecule has 14 heavy (non-hydrogen) atoms. The van der Waals surface area contributed by atoms with Gasteiger partial charge in [0.2, 0.25) is 5.76 Å². The molecule has 0 saturated carbocycles. The van der Waals surface area contributed by atoms with Crippen LogP contribution in [0, 0.1) is 0 Å². The average molecular weight is 200 g/mol. The van der Waals surface area contributed by atoms with Gasteiger partial charge in [0.1, 0.15) is 0 Å². The Hall–Kier alpha value is -1.65. The number of allylic oxidation sites excluding steroid dienone is 1. The first-order valence-electron chi connectivity index (χ1n) is 4.05. The van der Waals surface area contributed by atoms with Crippen molar-refractivity contribution in [2.24, 2.45) is 0 Å². The minimum Gasteiger partial charge on any atom is -0.460 e. The van der Waals surface area contributed by atoms with E-state index in [9.17, 15) is 14.4 Å². The normalized spacial score (nSPS) is 10.6. The van der Waals surface area contributed by atoms with E-state index in [1.54, 1.807) is 6.92 Å². The summed E-state index contributed by atoms with van der Waals surface area (Å²) in [7, 11) is 0. The number of esters is 2. The van der Waals surface area contributed by atoms with Crippen molar-refractivity contribution < 1.29 is 23.9 Å². The number of rotatable bonds is 4. The third-order valence-electron chi connectivity index (χ3n) is 1.06. The molecule has 0 aliphatic rings. The molecule has 0 amide bonds. The number of ketones is 1. The molecule has 0 aromatic heterocycles. The third-order valence-corrected chi connectivity index (χ3v) is 1.06. The summed E-state index contributed by atoms with van der Waals surface area (Å²) in [5.74, 6) is -2.27. The Kier molecular flexibility index (Phi) is 5.21. The fraction of sp³-hybridized carbons (Fsp3) is 0.444. The summed E-state index contributed by atoms with van der Waals surface area (Å²) in [5.41, 5.74) is 0. The zero-order valence-electron chi connectivity index (χ0n) is 8.33. The van der Waals surface area contributed by atoms with E-state index in [-0.39, 0.29) is 12.4 Å². The molecule has 0 spiro atoms. The van der Waals surface area contributed by atoms with Crippen LogP contribution in [0.4, 0.5) is 0 Å². The van der Waals surface area contributed by atoms with Crippen LogP contribution in [0.25, 0.3) is 0 Å². The van der Waals surface area contributed by atoms with Gasteiger partial charge in [0.15, 0.2) is 5.78 Å². The Morgan fingerprint density at radius 1 is 1.21 bits per heavy atom. The molecule has 0 radical (unpaired) electrons. The van der Waals surface area contributed by atoms with Gasteiger partial charge in [-0.2, -0.15) is 0 Å². The summed E-state index contributed by atoms with van der Waals surface area (Å²) in [6.45, 7) is 4.13. The SMILES string of the molecule is CCOC(=O)C(=CC(C)=O)OC(C)=O. The smallest absolute Gasteiger partial charge is 0.374 e. The molecule has 0 rings (SSSR count). The minimum absolute atomic E-state index is 0.148. The van der Waals surface area contributed by atoms with Gasteiger partial charge in [-0.1, -0.05) is 0 Å². The van der Waals surface area contributed by atoms with E-state index in [1.807, 2.05) is 0 Å². The van der Waals surface area contributed by atoms with Gasteiger partial charge in [-0.3, -0.25) is 9.59 Å². The first-order chi connectivity index (χ1) is 6.47. The molecule has 0 fully saturated rings. The molecular formula is C9H12O5. The maximum Gasteiger partial charge on any atom is 0.374 e. The molecular weight excluding hydrogens is 188 g/mol. The predicted molar refractivity (Wildman–Crippen MR) is 47.2 cm³/mol. The number of ether oxygens (including phenoxy) is 2. The zero-order valence-corrected chi connectivity index (χ0v) is 8.33. The van der Waals surface area contributed by atoms with Crippen LogP contribution in [-0.4, -0.2) is 24.3 Å². The summed E-state index contributed by atoms with van der Waals surface area (Å²) < 4.78 is 9.07. The van der Waals surface area contributed by atoms with E-state index >= 15 is 0 Å².